The number of ketones is 1. The van der Waals surface area contributed by atoms with Crippen molar-refractivity contribution in [1.29, 1.82) is 0 Å². The predicted molar refractivity (Wildman–Crippen MR) is 110 cm³/mol. The summed E-state index contributed by atoms with van der Waals surface area (Å²) >= 11 is 0. The van der Waals surface area contributed by atoms with Crippen molar-refractivity contribution in [1.82, 2.24) is 19.9 Å². The monoisotopic (exact) mass is 412 g/mol. The normalized spacial score (nSPS) is 11.1. The quantitative estimate of drug-likeness (QED) is 0.361. The molecule has 9 nitrogen and oxygen atoms in total. The second-order valence-electron chi connectivity index (χ2n) is 6.05. The average Bonchev–Trinajstić information content (AvgIpc) is 2.73. The maximum absolute atomic E-state index is 12.3. The maximum Gasteiger partial charge on any atom is 0.240 e. The molecule has 3 N–H and O–H groups in total. The van der Waals surface area contributed by atoms with Crippen molar-refractivity contribution in [2.45, 2.75) is 11.8 Å². The van der Waals surface area contributed by atoms with E-state index in [0.717, 1.165) is 0 Å². The highest BCUT2D eigenvalue weighted by atomic mass is 32.2. The van der Waals surface area contributed by atoms with Crippen LogP contribution in [-0.2, 0) is 10.0 Å². The van der Waals surface area contributed by atoms with Crippen LogP contribution in [0, 0.1) is 0 Å². The van der Waals surface area contributed by atoms with E-state index in [9.17, 15) is 13.2 Å². The zero-order chi connectivity index (χ0) is 20.7. The summed E-state index contributed by atoms with van der Waals surface area (Å²) in [5.74, 6) is 1.52. The lowest BCUT2D eigenvalue weighted by atomic mass is 10.2. The number of sulfonamides is 1. The Hall–Kier alpha value is -3.37. The molecule has 0 atom stereocenters. The first-order chi connectivity index (χ1) is 13.9. The molecule has 3 rings (SSSR count). The first kappa shape index (κ1) is 20.4. The van der Waals surface area contributed by atoms with E-state index < -0.39 is 10.0 Å². The second kappa shape index (κ2) is 9.22. The van der Waals surface area contributed by atoms with Crippen LogP contribution in [0.3, 0.4) is 0 Å². The molecule has 0 spiro atoms. The topological polar surface area (TPSA) is 126 Å². The summed E-state index contributed by atoms with van der Waals surface area (Å²) in [4.78, 5) is 15.6. The summed E-state index contributed by atoms with van der Waals surface area (Å²) < 4.78 is 27.2. The summed E-state index contributed by atoms with van der Waals surface area (Å²) in [5, 5.41) is 14.1. The Morgan fingerprint density at radius 3 is 2.41 bits per heavy atom. The Bertz CT molecular complexity index is 1070. The van der Waals surface area contributed by atoms with Crippen molar-refractivity contribution in [2.75, 3.05) is 23.7 Å². The van der Waals surface area contributed by atoms with Gasteiger partial charge in [0.05, 0.1) is 4.90 Å². The van der Waals surface area contributed by atoms with Crippen molar-refractivity contribution < 1.29 is 13.2 Å². The number of nitrogens with zero attached hydrogens (tertiary/aromatic N) is 3. The third kappa shape index (κ3) is 5.80. The van der Waals surface area contributed by atoms with Gasteiger partial charge in [0.25, 0.3) is 0 Å². The zero-order valence-electron chi connectivity index (χ0n) is 15.7. The van der Waals surface area contributed by atoms with Gasteiger partial charge in [-0.1, -0.05) is 18.2 Å². The van der Waals surface area contributed by atoms with Crippen molar-refractivity contribution in [3.8, 4) is 0 Å². The van der Waals surface area contributed by atoms with E-state index in [-0.39, 0.29) is 17.2 Å². The summed E-state index contributed by atoms with van der Waals surface area (Å²) in [5.41, 5.74) is 0.348. The van der Waals surface area contributed by atoms with Crippen molar-refractivity contribution >= 4 is 33.3 Å². The van der Waals surface area contributed by atoms with Crippen LogP contribution in [0.1, 0.15) is 17.3 Å². The number of anilines is 3. The molecule has 2 aromatic heterocycles. The lowest BCUT2D eigenvalue weighted by Gasteiger charge is -2.09. The SMILES string of the molecule is CC(=O)c1cccc(S(=O)(=O)NCCNc2ccc(Nc3ccccn3)nn2)c1. The second-order valence-corrected chi connectivity index (χ2v) is 7.82. The molecule has 0 aliphatic heterocycles. The van der Waals surface area contributed by atoms with E-state index in [1.165, 1.54) is 19.1 Å². The fourth-order valence-electron chi connectivity index (χ4n) is 2.40. The van der Waals surface area contributed by atoms with Crippen LogP contribution < -0.4 is 15.4 Å². The minimum Gasteiger partial charge on any atom is -0.367 e. The smallest absolute Gasteiger partial charge is 0.240 e. The number of carbonyl (C=O) groups is 1. The van der Waals surface area contributed by atoms with Gasteiger partial charge in [0.15, 0.2) is 11.6 Å². The number of aromatic nitrogens is 3. The number of Topliss-reactive ketones (excluding diaryl/α,β-unsaturated/α-hetero) is 1. The molecule has 0 saturated heterocycles. The molecule has 150 valence electrons. The fraction of sp³-hybridized carbons (Fsp3) is 0.158. The van der Waals surface area contributed by atoms with E-state index >= 15 is 0 Å². The fourth-order valence-corrected chi connectivity index (χ4v) is 3.48. The molecule has 0 unspecified atom stereocenters. The largest absolute Gasteiger partial charge is 0.367 e. The number of hydrogen-bond donors (Lipinski definition) is 3. The molecular formula is C19H20N6O3S. The minimum atomic E-state index is -3.71. The van der Waals surface area contributed by atoms with Crippen LogP contribution in [-0.4, -0.2) is 42.5 Å². The van der Waals surface area contributed by atoms with Crippen LogP contribution in [0.25, 0.3) is 0 Å². The van der Waals surface area contributed by atoms with Gasteiger partial charge in [-0.2, -0.15) is 0 Å². The van der Waals surface area contributed by atoms with Crippen LogP contribution >= 0.6 is 0 Å². The number of carbonyl (C=O) groups excluding carboxylic acids is 1. The third-order valence-electron chi connectivity index (χ3n) is 3.86. The number of pyridine rings is 1. The van der Waals surface area contributed by atoms with Crippen LogP contribution in [0.4, 0.5) is 17.5 Å². The van der Waals surface area contributed by atoms with E-state index in [1.54, 1.807) is 30.5 Å². The van der Waals surface area contributed by atoms with Gasteiger partial charge < -0.3 is 10.6 Å². The molecule has 0 fully saturated rings. The molecule has 3 aromatic rings. The molecule has 0 saturated carbocycles. The van der Waals surface area contributed by atoms with Crippen LogP contribution in [0.2, 0.25) is 0 Å². The summed E-state index contributed by atoms with van der Waals surface area (Å²) in [6.07, 6.45) is 1.67. The maximum atomic E-state index is 12.3. The van der Waals surface area contributed by atoms with Crippen molar-refractivity contribution in [3.05, 3.63) is 66.4 Å². The highest BCUT2D eigenvalue weighted by molar-refractivity contribution is 7.89. The molecule has 0 radical (unpaired) electrons. The highest BCUT2D eigenvalue weighted by Gasteiger charge is 2.14. The molecule has 1 aromatic carbocycles. The highest BCUT2D eigenvalue weighted by Crippen LogP contribution is 2.13. The molecule has 29 heavy (non-hydrogen) atoms. The first-order valence-corrected chi connectivity index (χ1v) is 10.3. The first-order valence-electron chi connectivity index (χ1n) is 8.80. The number of rotatable bonds is 9. The van der Waals surface area contributed by atoms with Crippen molar-refractivity contribution in [2.24, 2.45) is 0 Å². The summed E-state index contributed by atoms with van der Waals surface area (Å²) in [6.45, 7) is 1.84. The van der Waals surface area contributed by atoms with E-state index in [1.807, 2.05) is 18.2 Å². The summed E-state index contributed by atoms with van der Waals surface area (Å²) in [7, 11) is -3.71. The van der Waals surface area contributed by atoms with Gasteiger partial charge in [-0.3, -0.25) is 4.79 Å². The van der Waals surface area contributed by atoms with Crippen LogP contribution in [0.5, 0.6) is 0 Å². The van der Waals surface area contributed by atoms with Gasteiger partial charge >= 0.3 is 0 Å². The van der Waals surface area contributed by atoms with Gasteiger partial charge in [-0.25, -0.2) is 18.1 Å². The minimum absolute atomic E-state index is 0.0509. The molecule has 0 aliphatic carbocycles. The lowest BCUT2D eigenvalue weighted by Crippen LogP contribution is -2.29. The predicted octanol–water partition coefficient (Wildman–Crippen LogP) is 2.21. The average molecular weight is 412 g/mol. The molecule has 10 heteroatoms. The van der Waals surface area contributed by atoms with Gasteiger partial charge in [0, 0.05) is 24.8 Å². The Labute approximate surface area is 168 Å². The van der Waals surface area contributed by atoms with Gasteiger partial charge in [0.2, 0.25) is 10.0 Å². The molecular weight excluding hydrogens is 392 g/mol. The number of benzene rings is 1. The third-order valence-corrected chi connectivity index (χ3v) is 5.32. The van der Waals surface area contributed by atoms with Crippen LogP contribution in [0.15, 0.2) is 65.7 Å². The van der Waals surface area contributed by atoms with Crippen molar-refractivity contribution in [3.63, 3.8) is 0 Å². The molecule has 2 heterocycles. The Kier molecular flexibility index (Phi) is 6.47. The van der Waals surface area contributed by atoms with Gasteiger partial charge in [0.1, 0.15) is 11.6 Å². The standard InChI is InChI=1S/C19H20N6O3S/c1-14(26)15-5-4-6-16(13-15)29(27,28)22-12-11-21-18-8-9-19(25-24-18)23-17-7-2-3-10-20-17/h2-10,13,22H,11-12H2,1H3,(H,21,24)(H,20,23,25). The van der Waals surface area contributed by atoms with Gasteiger partial charge in [-0.05, 0) is 43.3 Å². The Balaban J connectivity index is 1.50. The lowest BCUT2D eigenvalue weighted by molar-refractivity contribution is 0.101. The van der Waals surface area contributed by atoms with Gasteiger partial charge in [-0.15, -0.1) is 10.2 Å². The number of nitrogens with one attached hydrogen (secondary N) is 3. The van der Waals surface area contributed by atoms with E-state index in [4.69, 9.17) is 0 Å². The number of hydrogen-bond acceptors (Lipinski definition) is 8. The Morgan fingerprint density at radius 2 is 1.72 bits per heavy atom. The molecule has 0 aliphatic rings. The van der Waals surface area contributed by atoms with E-state index in [0.29, 0.717) is 29.6 Å². The zero-order valence-corrected chi connectivity index (χ0v) is 16.5. The van der Waals surface area contributed by atoms with E-state index in [2.05, 4.69) is 30.5 Å². The molecule has 0 amide bonds. The Morgan fingerprint density at radius 1 is 0.931 bits per heavy atom. The molecule has 0 bridgehead atoms. The summed E-state index contributed by atoms with van der Waals surface area (Å²) in [6, 6.07) is 14.9.